The molecule has 6 heteroatoms. The Labute approximate surface area is 132 Å². The largest absolute Gasteiger partial charge is 0.545 e. The molecule has 0 spiro atoms. The van der Waals surface area contributed by atoms with E-state index in [0.717, 1.165) is 5.56 Å². The molecule has 0 heterocycles. The number of benzene rings is 2. The highest BCUT2D eigenvalue weighted by atomic mass is 35.5. The molecule has 1 amide bonds. The number of carbonyl (C=O) groups is 2. The van der Waals surface area contributed by atoms with Crippen molar-refractivity contribution in [2.75, 3.05) is 12.4 Å². The van der Waals surface area contributed by atoms with Crippen molar-refractivity contribution in [1.29, 1.82) is 0 Å². The number of carbonyl (C=O) groups excluding carboxylic acids is 2. The molecule has 0 unspecified atom stereocenters. The third-order valence-electron chi connectivity index (χ3n) is 3.00. The van der Waals surface area contributed by atoms with Crippen LogP contribution in [0.25, 0.3) is 0 Å². The number of hydrogen-bond acceptors (Lipinski definition) is 4. The number of anilines is 1. The van der Waals surface area contributed by atoms with Crippen molar-refractivity contribution in [3.05, 3.63) is 58.6 Å². The van der Waals surface area contributed by atoms with Gasteiger partial charge in [0.25, 0.3) is 0 Å². The predicted octanol–water partition coefficient (Wildman–Crippen LogP) is 1.89. The van der Waals surface area contributed by atoms with Gasteiger partial charge in [-0.1, -0.05) is 23.7 Å². The number of carboxylic acids is 1. The van der Waals surface area contributed by atoms with E-state index >= 15 is 0 Å². The monoisotopic (exact) mass is 318 g/mol. The van der Waals surface area contributed by atoms with Gasteiger partial charge < -0.3 is 20.0 Å². The van der Waals surface area contributed by atoms with Crippen molar-refractivity contribution in [2.45, 2.75) is 6.42 Å². The standard InChI is InChI=1S/C16H14ClNO4/c1-22-12-5-2-10(3-6-12)8-15(19)18-14-9-11(17)4-7-13(14)16(20)21/h2-7,9H,8H2,1H3,(H,18,19)(H,20,21)/p-1. The molecule has 0 bridgehead atoms. The Balaban J connectivity index is 2.11. The van der Waals surface area contributed by atoms with Crippen LogP contribution in [0.4, 0.5) is 5.69 Å². The van der Waals surface area contributed by atoms with Crippen LogP contribution in [0.2, 0.25) is 5.02 Å². The molecule has 2 rings (SSSR count). The maximum Gasteiger partial charge on any atom is 0.228 e. The summed E-state index contributed by atoms with van der Waals surface area (Å²) in [7, 11) is 1.56. The summed E-state index contributed by atoms with van der Waals surface area (Å²) in [4.78, 5) is 23.0. The molecular formula is C16H13ClNO4-. The second-order valence-electron chi connectivity index (χ2n) is 4.55. The summed E-state index contributed by atoms with van der Waals surface area (Å²) >= 11 is 5.82. The van der Waals surface area contributed by atoms with Crippen molar-refractivity contribution >= 4 is 29.2 Å². The van der Waals surface area contributed by atoms with Gasteiger partial charge in [-0.05, 0) is 35.9 Å². The number of ether oxygens (including phenoxy) is 1. The average molecular weight is 319 g/mol. The number of halogens is 1. The summed E-state index contributed by atoms with van der Waals surface area (Å²) in [5, 5.41) is 13.9. The summed E-state index contributed by atoms with van der Waals surface area (Å²) in [5.41, 5.74) is 0.772. The molecule has 1 N–H and O–H groups in total. The minimum atomic E-state index is -1.38. The van der Waals surface area contributed by atoms with Gasteiger partial charge in [-0.25, -0.2) is 0 Å². The Morgan fingerprint density at radius 2 is 1.86 bits per heavy atom. The van der Waals surface area contributed by atoms with Crippen LogP contribution in [0.15, 0.2) is 42.5 Å². The van der Waals surface area contributed by atoms with Gasteiger partial charge in [0.05, 0.1) is 25.2 Å². The van der Waals surface area contributed by atoms with E-state index in [1.165, 1.54) is 18.2 Å². The SMILES string of the molecule is COc1ccc(CC(=O)Nc2cc(Cl)ccc2C(=O)[O-])cc1. The van der Waals surface area contributed by atoms with Gasteiger partial charge >= 0.3 is 0 Å². The zero-order valence-corrected chi connectivity index (χ0v) is 12.5. The first-order chi connectivity index (χ1) is 10.5. The Kier molecular flexibility index (Phi) is 5.01. The van der Waals surface area contributed by atoms with Crippen LogP contribution in [0, 0.1) is 0 Å². The van der Waals surface area contributed by atoms with Crippen LogP contribution in [-0.2, 0) is 11.2 Å². The lowest BCUT2D eigenvalue weighted by molar-refractivity contribution is -0.254. The summed E-state index contributed by atoms with van der Waals surface area (Å²) in [6.45, 7) is 0. The Morgan fingerprint density at radius 3 is 2.45 bits per heavy atom. The number of carboxylic acid groups (broad SMARTS) is 1. The van der Waals surface area contributed by atoms with E-state index in [1.54, 1.807) is 31.4 Å². The molecule has 2 aromatic carbocycles. The fourth-order valence-corrected chi connectivity index (χ4v) is 2.09. The summed E-state index contributed by atoms with van der Waals surface area (Å²) in [5.74, 6) is -1.04. The van der Waals surface area contributed by atoms with Crippen LogP contribution in [0.3, 0.4) is 0 Å². The Bertz CT molecular complexity index is 698. The number of amides is 1. The zero-order chi connectivity index (χ0) is 16.1. The number of hydrogen-bond donors (Lipinski definition) is 1. The smallest absolute Gasteiger partial charge is 0.228 e. The molecule has 22 heavy (non-hydrogen) atoms. The molecular weight excluding hydrogens is 306 g/mol. The normalized spacial score (nSPS) is 10.1. The lowest BCUT2D eigenvalue weighted by Crippen LogP contribution is -2.25. The first-order valence-electron chi connectivity index (χ1n) is 6.43. The number of aromatic carboxylic acids is 1. The van der Waals surface area contributed by atoms with Gasteiger partial charge in [-0.3, -0.25) is 4.79 Å². The molecule has 0 aliphatic carbocycles. The molecule has 2 aromatic rings. The van der Waals surface area contributed by atoms with Gasteiger partial charge in [0.1, 0.15) is 5.75 Å². The van der Waals surface area contributed by atoms with Crippen molar-refractivity contribution in [2.24, 2.45) is 0 Å². The van der Waals surface area contributed by atoms with Gasteiger partial charge in [0, 0.05) is 10.6 Å². The maximum absolute atomic E-state index is 12.0. The highest BCUT2D eigenvalue weighted by Gasteiger charge is 2.09. The third kappa shape index (κ3) is 3.99. The van der Waals surface area contributed by atoms with E-state index in [2.05, 4.69) is 5.32 Å². The third-order valence-corrected chi connectivity index (χ3v) is 3.23. The maximum atomic E-state index is 12.0. The predicted molar refractivity (Wildman–Crippen MR) is 81.1 cm³/mol. The molecule has 0 saturated heterocycles. The van der Waals surface area contributed by atoms with E-state index in [1.807, 2.05) is 0 Å². The quantitative estimate of drug-likeness (QED) is 0.913. The average Bonchev–Trinajstić information content (AvgIpc) is 2.47. The van der Waals surface area contributed by atoms with Crippen LogP contribution in [0.1, 0.15) is 15.9 Å². The minimum absolute atomic E-state index is 0.100. The van der Waals surface area contributed by atoms with Crippen molar-refractivity contribution in [1.82, 2.24) is 0 Å². The molecule has 0 aromatic heterocycles. The van der Waals surface area contributed by atoms with Crippen LogP contribution >= 0.6 is 11.6 Å². The lowest BCUT2D eigenvalue weighted by Gasteiger charge is -2.12. The first kappa shape index (κ1) is 15.9. The van der Waals surface area contributed by atoms with Gasteiger partial charge in [0.15, 0.2) is 0 Å². The van der Waals surface area contributed by atoms with Crippen molar-refractivity contribution in [3.63, 3.8) is 0 Å². The van der Waals surface area contributed by atoms with Crippen LogP contribution < -0.4 is 15.2 Å². The van der Waals surface area contributed by atoms with E-state index < -0.39 is 5.97 Å². The topological polar surface area (TPSA) is 78.5 Å². The highest BCUT2D eigenvalue weighted by molar-refractivity contribution is 6.31. The number of nitrogens with one attached hydrogen (secondary N) is 1. The van der Waals surface area contributed by atoms with Crippen LogP contribution in [0.5, 0.6) is 5.75 Å². The lowest BCUT2D eigenvalue weighted by atomic mass is 10.1. The molecule has 0 aliphatic heterocycles. The number of rotatable bonds is 5. The summed E-state index contributed by atoms with van der Waals surface area (Å²) in [6, 6.07) is 11.1. The molecule has 0 saturated carbocycles. The summed E-state index contributed by atoms with van der Waals surface area (Å²) < 4.78 is 5.04. The van der Waals surface area contributed by atoms with E-state index in [-0.39, 0.29) is 23.6 Å². The molecule has 114 valence electrons. The fourth-order valence-electron chi connectivity index (χ4n) is 1.92. The summed E-state index contributed by atoms with van der Waals surface area (Å²) in [6.07, 6.45) is 0.100. The molecule has 0 fully saturated rings. The number of methoxy groups -OCH3 is 1. The van der Waals surface area contributed by atoms with E-state index in [0.29, 0.717) is 10.8 Å². The van der Waals surface area contributed by atoms with E-state index in [4.69, 9.17) is 16.3 Å². The Hall–Kier alpha value is -2.53. The minimum Gasteiger partial charge on any atom is -0.545 e. The molecule has 0 atom stereocenters. The highest BCUT2D eigenvalue weighted by Crippen LogP contribution is 2.21. The second-order valence-corrected chi connectivity index (χ2v) is 4.99. The van der Waals surface area contributed by atoms with Crippen molar-refractivity contribution < 1.29 is 19.4 Å². The molecule has 5 nitrogen and oxygen atoms in total. The van der Waals surface area contributed by atoms with Gasteiger partial charge in [-0.15, -0.1) is 0 Å². The first-order valence-corrected chi connectivity index (χ1v) is 6.81. The van der Waals surface area contributed by atoms with Gasteiger partial charge in [0.2, 0.25) is 5.91 Å². The second kappa shape index (κ2) is 6.95. The van der Waals surface area contributed by atoms with E-state index in [9.17, 15) is 14.7 Å². The Morgan fingerprint density at radius 1 is 1.18 bits per heavy atom. The molecule has 0 radical (unpaired) electrons. The fraction of sp³-hybridized carbons (Fsp3) is 0.125. The van der Waals surface area contributed by atoms with Gasteiger partial charge in [-0.2, -0.15) is 0 Å². The van der Waals surface area contributed by atoms with Crippen molar-refractivity contribution in [3.8, 4) is 5.75 Å². The molecule has 0 aliphatic rings. The zero-order valence-electron chi connectivity index (χ0n) is 11.8. The van der Waals surface area contributed by atoms with Crippen LogP contribution in [-0.4, -0.2) is 19.0 Å².